The molecule has 0 saturated carbocycles. The summed E-state index contributed by atoms with van der Waals surface area (Å²) < 4.78 is 0. The van der Waals surface area contributed by atoms with E-state index in [0.29, 0.717) is 16.7 Å². The van der Waals surface area contributed by atoms with Crippen molar-refractivity contribution in [2.45, 2.75) is 52.4 Å². The van der Waals surface area contributed by atoms with E-state index < -0.39 is 0 Å². The van der Waals surface area contributed by atoms with E-state index in [-0.39, 0.29) is 7.27 Å². The highest BCUT2D eigenvalue weighted by Crippen LogP contribution is 2.60. The Kier molecular flexibility index (Phi) is 4.37. The fourth-order valence-electron chi connectivity index (χ4n) is 0.912. The van der Waals surface area contributed by atoms with Crippen LogP contribution in [0.4, 0.5) is 0 Å². The van der Waals surface area contributed by atoms with Crippen molar-refractivity contribution in [3.63, 3.8) is 0 Å². The molecule has 0 bridgehead atoms. The lowest BCUT2D eigenvalue weighted by Crippen LogP contribution is -2.25. The van der Waals surface area contributed by atoms with Crippen molar-refractivity contribution >= 4 is 18.5 Å². The van der Waals surface area contributed by atoms with Crippen LogP contribution in [0.15, 0.2) is 0 Å². The first-order chi connectivity index (χ1) is 4.80. The summed E-state index contributed by atoms with van der Waals surface area (Å²) >= 11 is 6.37. The third kappa shape index (κ3) is 2.92. The molecule has 0 heterocycles. The third-order valence-corrected chi connectivity index (χ3v) is 7.42. The molecule has 0 aliphatic heterocycles. The zero-order valence-electron chi connectivity index (χ0n) is 8.48. The van der Waals surface area contributed by atoms with Gasteiger partial charge >= 0.3 is 0 Å². The first kappa shape index (κ1) is 11.7. The van der Waals surface area contributed by atoms with Gasteiger partial charge < -0.3 is 0 Å². The molecule has 0 aliphatic rings. The Hall–Kier alpha value is 0.720. The molecule has 0 rings (SSSR count). The van der Waals surface area contributed by atoms with Gasteiger partial charge in [-0.3, -0.25) is 0 Å². The molecule has 11 heavy (non-hydrogen) atoms. The van der Waals surface area contributed by atoms with Crippen LogP contribution in [0.25, 0.3) is 0 Å². The summed E-state index contributed by atoms with van der Waals surface area (Å²) in [6, 6.07) is 0. The van der Waals surface area contributed by atoms with Gasteiger partial charge in [-0.15, -0.1) is 0 Å². The monoisotopic (exact) mass is 194 g/mol. The van der Waals surface area contributed by atoms with Gasteiger partial charge in [0, 0.05) is 5.16 Å². The highest BCUT2D eigenvalue weighted by atomic mass is 35.7. The number of halogens is 1. The second-order valence-corrected chi connectivity index (χ2v) is 8.11. The van der Waals surface area contributed by atoms with Crippen molar-refractivity contribution in [3.05, 3.63) is 0 Å². The van der Waals surface area contributed by atoms with Gasteiger partial charge in [-0.25, -0.2) is 0 Å². The van der Waals surface area contributed by atoms with Gasteiger partial charge in [-0.2, -0.15) is 0 Å². The molecule has 0 aromatic carbocycles. The Morgan fingerprint density at radius 3 is 1.55 bits per heavy atom. The molecule has 1 unspecified atom stereocenters. The largest absolute Gasteiger partial charge is 0.0956 e. The van der Waals surface area contributed by atoms with E-state index in [1.807, 2.05) is 0 Å². The molecule has 0 radical (unpaired) electrons. The summed E-state index contributed by atoms with van der Waals surface area (Å²) in [6.07, 6.45) is 0. The van der Waals surface area contributed by atoms with Crippen molar-refractivity contribution in [2.24, 2.45) is 5.92 Å². The van der Waals surface area contributed by atoms with Gasteiger partial charge in [-0.1, -0.05) is 52.8 Å². The molecule has 0 fully saturated rings. The molecular weight excluding hydrogens is 175 g/mol. The Bertz CT molecular complexity index is 119. The molecular formula is C9H20ClP. The normalized spacial score (nSPS) is 16.1. The highest BCUT2D eigenvalue weighted by molar-refractivity contribution is 7.85. The van der Waals surface area contributed by atoms with E-state index >= 15 is 0 Å². The van der Waals surface area contributed by atoms with E-state index in [4.69, 9.17) is 11.2 Å². The zero-order chi connectivity index (χ0) is 9.23. The van der Waals surface area contributed by atoms with Gasteiger partial charge in [-0.05, 0) is 18.9 Å². The SMILES string of the molecule is CC(C)P(Cl)C(C)(C)C(C)C. The molecule has 0 amide bonds. The molecule has 0 aromatic heterocycles. The number of hydrogen-bond acceptors (Lipinski definition) is 0. The average molecular weight is 195 g/mol. The predicted octanol–water partition coefficient (Wildman–Crippen LogP) is 4.47. The molecule has 0 aromatic rings. The standard InChI is InChI=1S/C9H20ClP/c1-7(2)9(5,6)11(10)8(3)4/h7-8H,1-6H3. The minimum atomic E-state index is -0.350. The van der Waals surface area contributed by atoms with Gasteiger partial charge in [0.15, 0.2) is 0 Å². The van der Waals surface area contributed by atoms with Crippen LogP contribution in [-0.2, 0) is 0 Å². The van der Waals surface area contributed by atoms with E-state index in [2.05, 4.69) is 41.5 Å². The summed E-state index contributed by atoms with van der Waals surface area (Å²) in [4.78, 5) is 0. The quantitative estimate of drug-likeness (QED) is 0.582. The first-order valence-corrected chi connectivity index (χ1v) is 6.56. The van der Waals surface area contributed by atoms with Crippen LogP contribution >= 0.6 is 18.5 Å². The average Bonchev–Trinajstić information content (AvgIpc) is 1.85. The first-order valence-electron chi connectivity index (χ1n) is 4.25. The molecule has 0 saturated heterocycles. The van der Waals surface area contributed by atoms with E-state index in [1.165, 1.54) is 0 Å². The molecule has 0 aliphatic carbocycles. The fourth-order valence-corrected chi connectivity index (χ4v) is 3.32. The smallest absolute Gasteiger partial charge is 0.00125 e. The second kappa shape index (κ2) is 4.10. The van der Waals surface area contributed by atoms with Crippen molar-refractivity contribution in [1.82, 2.24) is 0 Å². The maximum Gasteiger partial charge on any atom is 0.00125 e. The van der Waals surface area contributed by atoms with Crippen LogP contribution in [0.5, 0.6) is 0 Å². The predicted molar refractivity (Wildman–Crippen MR) is 56.8 cm³/mol. The van der Waals surface area contributed by atoms with Crippen LogP contribution < -0.4 is 0 Å². The maximum atomic E-state index is 6.37. The molecule has 0 nitrogen and oxygen atoms in total. The van der Waals surface area contributed by atoms with Gasteiger partial charge in [0.05, 0.1) is 0 Å². The van der Waals surface area contributed by atoms with Gasteiger partial charge in [0.1, 0.15) is 0 Å². The topological polar surface area (TPSA) is 0 Å². The Morgan fingerprint density at radius 2 is 1.45 bits per heavy atom. The maximum absolute atomic E-state index is 6.37. The van der Waals surface area contributed by atoms with Gasteiger partial charge in [0.2, 0.25) is 0 Å². The Morgan fingerprint density at radius 1 is 1.09 bits per heavy atom. The van der Waals surface area contributed by atoms with Crippen LogP contribution in [0, 0.1) is 5.92 Å². The molecule has 68 valence electrons. The van der Waals surface area contributed by atoms with Crippen molar-refractivity contribution < 1.29 is 0 Å². The number of hydrogen-bond donors (Lipinski definition) is 0. The summed E-state index contributed by atoms with van der Waals surface area (Å²) in [5.74, 6) is 0.675. The molecule has 0 spiro atoms. The van der Waals surface area contributed by atoms with Crippen molar-refractivity contribution in [3.8, 4) is 0 Å². The fraction of sp³-hybridized carbons (Fsp3) is 1.00. The zero-order valence-corrected chi connectivity index (χ0v) is 10.1. The lowest BCUT2D eigenvalue weighted by atomic mass is 10.00. The summed E-state index contributed by atoms with van der Waals surface area (Å²) in [5.41, 5.74) is 0.629. The molecule has 0 N–H and O–H groups in total. The molecule has 2 heteroatoms. The minimum absolute atomic E-state index is 0.311. The van der Waals surface area contributed by atoms with E-state index in [0.717, 1.165) is 0 Å². The minimum Gasteiger partial charge on any atom is -0.0956 e. The lowest BCUT2D eigenvalue weighted by molar-refractivity contribution is 0.494. The van der Waals surface area contributed by atoms with Crippen molar-refractivity contribution in [1.29, 1.82) is 0 Å². The van der Waals surface area contributed by atoms with Crippen LogP contribution in [0.2, 0.25) is 0 Å². The Labute approximate surface area is 77.3 Å². The van der Waals surface area contributed by atoms with E-state index in [1.54, 1.807) is 0 Å². The highest BCUT2D eigenvalue weighted by Gasteiger charge is 2.32. The summed E-state index contributed by atoms with van der Waals surface area (Å²) in [7, 11) is -0.350. The Balaban J connectivity index is 4.29. The summed E-state index contributed by atoms with van der Waals surface area (Å²) in [5, 5.41) is 0.311. The second-order valence-electron chi connectivity index (χ2n) is 4.21. The summed E-state index contributed by atoms with van der Waals surface area (Å²) in [6.45, 7) is 13.5. The van der Waals surface area contributed by atoms with Gasteiger partial charge in [0.25, 0.3) is 0 Å². The van der Waals surface area contributed by atoms with Crippen LogP contribution in [0.1, 0.15) is 41.5 Å². The third-order valence-electron chi connectivity index (χ3n) is 2.42. The molecule has 1 atom stereocenters. The lowest BCUT2D eigenvalue weighted by Gasteiger charge is -2.36. The van der Waals surface area contributed by atoms with Crippen LogP contribution in [0.3, 0.4) is 0 Å². The van der Waals surface area contributed by atoms with E-state index in [9.17, 15) is 0 Å². The number of rotatable bonds is 3. The van der Waals surface area contributed by atoms with Crippen molar-refractivity contribution in [2.75, 3.05) is 0 Å². The van der Waals surface area contributed by atoms with Crippen LogP contribution in [-0.4, -0.2) is 10.8 Å².